The van der Waals surface area contributed by atoms with E-state index in [2.05, 4.69) is 5.32 Å². The van der Waals surface area contributed by atoms with Crippen molar-refractivity contribution in [2.75, 3.05) is 26.4 Å². The summed E-state index contributed by atoms with van der Waals surface area (Å²) in [5.41, 5.74) is 0. The number of imide groups is 1. The Hall–Kier alpha value is -2.30. The molecule has 0 aromatic carbocycles. The zero-order chi connectivity index (χ0) is 21.8. The predicted octanol–water partition coefficient (Wildman–Crippen LogP) is 0.510. The van der Waals surface area contributed by atoms with E-state index in [9.17, 15) is 24.0 Å². The zero-order valence-corrected chi connectivity index (χ0v) is 18.1. The van der Waals surface area contributed by atoms with Gasteiger partial charge in [-0.3, -0.25) is 14.4 Å². The highest BCUT2D eigenvalue weighted by Gasteiger charge is 2.46. The second-order valence-electron chi connectivity index (χ2n) is 7.89. The predicted molar refractivity (Wildman–Crippen MR) is 108 cm³/mol. The van der Waals surface area contributed by atoms with Crippen LogP contribution in [-0.2, 0) is 24.0 Å². The van der Waals surface area contributed by atoms with E-state index >= 15 is 0 Å². The van der Waals surface area contributed by atoms with Gasteiger partial charge in [0.2, 0.25) is 5.91 Å². The smallest absolute Gasteiger partial charge is 0.334 e. The molecule has 3 saturated heterocycles. The maximum Gasteiger partial charge on any atom is 0.334 e. The summed E-state index contributed by atoms with van der Waals surface area (Å²) in [6.07, 6.45) is 2.98. The van der Waals surface area contributed by atoms with Crippen molar-refractivity contribution in [2.24, 2.45) is 0 Å². The van der Waals surface area contributed by atoms with Gasteiger partial charge in [0.25, 0.3) is 11.8 Å². The van der Waals surface area contributed by atoms with Crippen LogP contribution in [0, 0.1) is 0 Å². The van der Waals surface area contributed by atoms with Crippen molar-refractivity contribution < 1.29 is 28.8 Å². The molecule has 3 aliphatic rings. The molecular weight excluding hydrogens is 412 g/mol. The highest BCUT2D eigenvalue weighted by molar-refractivity contribution is 8.00. The third-order valence-electron chi connectivity index (χ3n) is 5.76. The molecule has 0 saturated carbocycles. The van der Waals surface area contributed by atoms with Crippen molar-refractivity contribution in [3.63, 3.8) is 0 Å². The molecule has 0 radical (unpaired) electrons. The van der Waals surface area contributed by atoms with E-state index in [1.54, 1.807) is 11.9 Å². The molecule has 0 unspecified atom stereocenters. The van der Waals surface area contributed by atoms with Crippen LogP contribution >= 0.6 is 11.8 Å². The van der Waals surface area contributed by atoms with Crippen LogP contribution in [-0.4, -0.2) is 88.3 Å². The van der Waals surface area contributed by atoms with Crippen molar-refractivity contribution in [1.82, 2.24) is 20.2 Å². The summed E-state index contributed by atoms with van der Waals surface area (Å²) < 4.78 is 0. The fourth-order valence-corrected chi connectivity index (χ4v) is 5.62. The van der Waals surface area contributed by atoms with E-state index in [0.29, 0.717) is 16.7 Å². The standard InChI is InChI=1S/C19H28N4O6S/c1-21(10-9-17(27)29-23-15(25)7-8-16(23)26)14(24)6-4-3-5-13-18-12(11-30-13)20-19(28)22(18)2/h12-13,18H,3-11H2,1-2H3,(H,20,28)/t12-,13-,18-/m0/s1. The Morgan fingerprint density at radius 3 is 2.57 bits per heavy atom. The molecular formula is C19H28N4O6S. The number of hydroxylamine groups is 2. The lowest BCUT2D eigenvalue weighted by Crippen LogP contribution is -2.38. The monoisotopic (exact) mass is 440 g/mol. The fraction of sp³-hybridized carbons (Fsp3) is 0.737. The number of fused-ring (bicyclic) bond motifs is 1. The van der Waals surface area contributed by atoms with E-state index in [1.165, 1.54) is 4.90 Å². The minimum absolute atomic E-state index is 0.0101. The van der Waals surface area contributed by atoms with Crippen LogP contribution in [0.25, 0.3) is 0 Å². The van der Waals surface area contributed by atoms with Gasteiger partial charge in [0.1, 0.15) is 0 Å². The molecule has 1 N–H and O–H groups in total. The molecule has 11 heteroatoms. The summed E-state index contributed by atoms with van der Waals surface area (Å²) in [5.74, 6) is -0.891. The quantitative estimate of drug-likeness (QED) is 0.315. The van der Waals surface area contributed by atoms with Crippen molar-refractivity contribution in [3.05, 3.63) is 0 Å². The Morgan fingerprint density at radius 1 is 1.17 bits per heavy atom. The molecule has 0 aromatic rings. The lowest BCUT2D eigenvalue weighted by Gasteiger charge is -2.23. The molecule has 0 aromatic heterocycles. The molecule has 10 nitrogen and oxygen atoms in total. The normalized spacial score (nSPS) is 25.5. The molecule has 0 bridgehead atoms. The van der Waals surface area contributed by atoms with E-state index in [4.69, 9.17) is 4.84 Å². The number of amides is 5. The van der Waals surface area contributed by atoms with Crippen molar-refractivity contribution in [2.45, 2.75) is 62.3 Å². The molecule has 3 fully saturated rings. The minimum atomic E-state index is -0.713. The Balaban J connectivity index is 1.30. The van der Waals surface area contributed by atoms with Gasteiger partial charge < -0.3 is 20.0 Å². The van der Waals surface area contributed by atoms with E-state index < -0.39 is 17.8 Å². The van der Waals surface area contributed by atoms with E-state index in [0.717, 1.165) is 25.0 Å². The number of thioether (sulfide) groups is 1. The summed E-state index contributed by atoms with van der Waals surface area (Å²) in [6.45, 7) is 0.161. The summed E-state index contributed by atoms with van der Waals surface area (Å²) in [4.78, 5) is 66.8. The van der Waals surface area contributed by atoms with Crippen LogP contribution in [0.1, 0.15) is 44.9 Å². The third-order valence-corrected chi connectivity index (χ3v) is 7.26. The van der Waals surface area contributed by atoms with Crippen LogP contribution in [0.2, 0.25) is 0 Å². The molecule has 166 valence electrons. The van der Waals surface area contributed by atoms with Crippen LogP contribution in [0.15, 0.2) is 0 Å². The number of unbranched alkanes of at least 4 members (excludes halogenated alkanes) is 1. The number of urea groups is 1. The van der Waals surface area contributed by atoms with Gasteiger partial charge in [-0.2, -0.15) is 11.8 Å². The Morgan fingerprint density at radius 2 is 1.87 bits per heavy atom. The zero-order valence-electron chi connectivity index (χ0n) is 17.3. The largest absolute Gasteiger partial charge is 0.345 e. The number of nitrogens with zero attached hydrogens (tertiary/aromatic N) is 3. The van der Waals surface area contributed by atoms with Gasteiger partial charge in [-0.25, -0.2) is 9.59 Å². The minimum Gasteiger partial charge on any atom is -0.345 e. The van der Waals surface area contributed by atoms with E-state index in [-0.39, 0.29) is 49.8 Å². The number of nitrogens with one attached hydrogen (secondary N) is 1. The lowest BCUT2D eigenvalue weighted by atomic mass is 10.0. The van der Waals surface area contributed by atoms with E-state index in [1.807, 2.05) is 18.8 Å². The number of rotatable bonds is 9. The van der Waals surface area contributed by atoms with Gasteiger partial charge in [0.15, 0.2) is 0 Å². The molecule has 0 aliphatic carbocycles. The van der Waals surface area contributed by atoms with Crippen LogP contribution < -0.4 is 5.32 Å². The second kappa shape index (κ2) is 9.67. The van der Waals surface area contributed by atoms with Crippen LogP contribution in [0.5, 0.6) is 0 Å². The van der Waals surface area contributed by atoms with Gasteiger partial charge in [-0.1, -0.05) is 6.42 Å². The highest BCUT2D eigenvalue weighted by Crippen LogP contribution is 2.36. The van der Waals surface area contributed by atoms with Crippen LogP contribution in [0.3, 0.4) is 0 Å². The first-order chi connectivity index (χ1) is 14.3. The molecule has 5 amide bonds. The number of carbonyl (C=O) groups is 5. The van der Waals surface area contributed by atoms with Crippen LogP contribution in [0.4, 0.5) is 4.79 Å². The van der Waals surface area contributed by atoms with Gasteiger partial charge in [0.05, 0.1) is 18.5 Å². The number of hydrogen-bond donors (Lipinski definition) is 1. The summed E-state index contributed by atoms with van der Waals surface area (Å²) in [7, 11) is 3.45. The number of likely N-dealkylation sites (N-methyl/N-ethyl adjacent to an activating group) is 1. The Bertz CT molecular complexity index is 716. The molecule has 3 aliphatic heterocycles. The summed E-state index contributed by atoms with van der Waals surface area (Å²) >= 11 is 1.87. The molecule has 3 atom stereocenters. The molecule has 0 spiro atoms. The fourth-order valence-electron chi connectivity index (χ4n) is 3.98. The Kier molecular flexibility index (Phi) is 7.22. The summed E-state index contributed by atoms with van der Waals surface area (Å²) in [6, 6.07) is 0.432. The highest BCUT2D eigenvalue weighted by atomic mass is 32.2. The van der Waals surface area contributed by atoms with Gasteiger partial charge in [0, 0.05) is 50.9 Å². The van der Waals surface area contributed by atoms with Gasteiger partial charge >= 0.3 is 12.0 Å². The topological polar surface area (TPSA) is 116 Å². The molecule has 3 rings (SSSR count). The molecule has 30 heavy (non-hydrogen) atoms. The number of hydrogen-bond acceptors (Lipinski definition) is 7. The molecule has 3 heterocycles. The average Bonchev–Trinajstić information content (AvgIpc) is 3.34. The first kappa shape index (κ1) is 22.4. The maximum atomic E-state index is 12.3. The number of carbonyl (C=O) groups excluding carboxylic acids is 5. The first-order valence-corrected chi connectivity index (χ1v) is 11.3. The summed E-state index contributed by atoms with van der Waals surface area (Å²) in [5, 5.41) is 3.90. The van der Waals surface area contributed by atoms with Crippen molar-refractivity contribution >= 4 is 41.5 Å². The van der Waals surface area contributed by atoms with Gasteiger partial charge in [-0.05, 0) is 12.8 Å². The second-order valence-corrected chi connectivity index (χ2v) is 9.16. The first-order valence-electron chi connectivity index (χ1n) is 10.2. The van der Waals surface area contributed by atoms with Gasteiger partial charge in [-0.15, -0.1) is 5.06 Å². The average molecular weight is 441 g/mol. The lowest BCUT2D eigenvalue weighted by molar-refractivity contribution is -0.197. The Labute approximate surface area is 179 Å². The maximum absolute atomic E-state index is 12.3. The van der Waals surface area contributed by atoms with Crippen molar-refractivity contribution in [3.8, 4) is 0 Å². The SMILES string of the molecule is CN(CCC(=O)ON1C(=O)CCC1=O)C(=O)CCCC[C@@H]1SC[C@@H]2NC(=O)N(C)[C@@H]21. The van der Waals surface area contributed by atoms with Crippen molar-refractivity contribution in [1.29, 1.82) is 0 Å². The third kappa shape index (κ3) is 5.05.